The number of aliphatic hydroxyl groups excluding tert-OH is 1. The Labute approximate surface area is 222 Å². The third-order valence-corrected chi connectivity index (χ3v) is 5.63. The largest absolute Gasteiger partial charge is 0.489 e. The molecule has 3 aromatic heterocycles. The maximum absolute atomic E-state index is 12.6. The highest BCUT2D eigenvalue weighted by Gasteiger charge is 2.20. The number of aromatic amines is 1. The first-order chi connectivity index (χ1) is 18.1. The van der Waals surface area contributed by atoms with E-state index in [1.54, 1.807) is 12.1 Å². The lowest BCUT2D eigenvalue weighted by molar-refractivity contribution is -0.402. The van der Waals surface area contributed by atoms with Crippen LogP contribution in [0.25, 0.3) is 17.2 Å². The van der Waals surface area contributed by atoms with Crippen LogP contribution in [0.3, 0.4) is 0 Å². The zero-order valence-corrected chi connectivity index (χ0v) is 21.0. The standard InChI is InChI=1S/C22H19Cl2N7O7/c1-29-19-18(20(33)27-22(29)34)30(10-13(32)11-37-16-6-4-12(23)9-15(16)24)21(26-19)28-25-8-2-3-14-5-7-17(38-14)31(35)36/h2-9,13,32H,10-11H2,1H3,(H,26,28)(H,27,33,34)/b3-2+,25-8+. The average molecular weight is 564 g/mol. The monoisotopic (exact) mass is 563 g/mol. The number of aryl methyl sites for hydroxylation is 1. The van der Waals surface area contributed by atoms with Crippen molar-refractivity contribution in [3.8, 4) is 5.75 Å². The number of nitro groups is 1. The van der Waals surface area contributed by atoms with Crippen LogP contribution < -0.4 is 21.4 Å². The Bertz CT molecular complexity index is 1670. The summed E-state index contributed by atoms with van der Waals surface area (Å²) in [7, 11) is 1.43. The van der Waals surface area contributed by atoms with E-state index < -0.39 is 28.2 Å². The summed E-state index contributed by atoms with van der Waals surface area (Å²) >= 11 is 12.0. The number of aliphatic hydroxyl groups is 1. The highest BCUT2D eigenvalue weighted by molar-refractivity contribution is 6.35. The first-order valence-electron chi connectivity index (χ1n) is 10.8. The first kappa shape index (κ1) is 26.7. The first-order valence-corrected chi connectivity index (χ1v) is 11.5. The van der Waals surface area contributed by atoms with Crippen LogP contribution in [0.4, 0.5) is 11.8 Å². The molecular formula is C22H19Cl2N7O7. The van der Waals surface area contributed by atoms with E-state index in [0.29, 0.717) is 10.8 Å². The van der Waals surface area contributed by atoms with Gasteiger partial charge in [0.05, 0.1) is 17.6 Å². The van der Waals surface area contributed by atoms with E-state index in [1.807, 2.05) is 0 Å². The summed E-state index contributed by atoms with van der Waals surface area (Å²) in [6, 6.07) is 7.27. The van der Waals surface area contributed by atoms with Crippen molar-refractivity contribution in [2.24, 2.45) is 12.1 Å². The molecule has 0 fully saturated rings. The van der Waals surface area contributed by atoms with Gasteiger partial charge in [0.25, 0.3) is 5.56 Å². The molecule has 198 valence electrons. The molecule has 0 aliphatic carbocycles. The molecule has 38 heavy (non-hydrogen) atoms. The average Bonchev–Trinajstić information content (AvgIpc) is 3.48. The minimum Gasteiger partial charge on any atom is -0.489 e. The predicted octanol–water partition coefficient (Wildman–Crippen LogP) is 2.78. The number of imidazole rings is 1. The van der Waals surface area contributed by atoms with E-state index in [2.05, 4.69) is 20.5 Å². The molecule has 1 unspecified atom stereocenters. The number of nitrogens with one attached hydrogen (secondary N) is 2. The van der Waals surface area contributed by atoms with Crippen LogP contribution in [0.2, 0.25) is 10.0 Å². The third kappa shape index (κ3) is 5.94. The van der Waals surface area contributed by atoms with Crippen LogP contribution in [0.15, 0.2) is 55.5 Å². The number of ether oxygens (including phenoxy) is 1. The predicted molar refractivity (Wildman–Crippen MR) is 140 cm³/mol. The molecule has 16 heteroatoms. The Morgan fingerprint density at radius 1 is 1.34 bits per heavy atom. The van der Waals surface area contributed by atoms with Crippen LogP contribution >= 0.6 is 23.2 Å². The smallest absolute Gasteiger partial charge is 0.433 e. The molecule has 0 radical (unpaired) electrons. The number of aromatic nitrogens is 4. The second kappa shape index (κ2) is 11.3. The molecule has 14 nitrogen and oxygen atoms in total. The van der Waals surface area contributed by atoms with E-state index >= 15 is 0 Å². The van der Waals surface area contributed by atoms with Crippen molar-refractivity contribution in [3.63, 3.8) is 0 Å². The van der Waals surface area contributed by atoms with Gasteiger partial charge in [0.1, 0.15) is 29.1 Å². The summed E-state index contributed by atoms with van der Waals surface area (Å²) in [6.07, 6.45) is 3.07. The number of fused-ring (bicyclic) bond motifs is 1. The lowest BCUT2D eigenvalue weighted by Gasteiger charge is -2.15. The lowest BCUT2D eigenvalue weighted by atomic mass is 10.3. The number of nitrogens with zero attached hydrogens (tertiary/aromatic N) is 5. The van der Waals surface area contributed by atoms with E-state index in [9.17, 15) is 24.8 Å². The van der Waals surface area contributed by atoms with Crippen LogP contribution in [0, 0.1) is 10.1 Å². The number of rotatable bonds is 10. The molecule has 1 aromatic carbocycles. The molecule has 3 heterocycles. The third-order valence-electron chi connectivity index (χ3n) is 5.10. The quantitative estimate of drug-likeness (QED) is 0.148. The number of anilines is 1. The molecule has 4 aromatic rings. The highest BCUT2D eigenvalue weighted by Crippen LogP contribution is 2.27. The van der Waals surface area contributed by atoms with Gasteiger partial charge in [0, 0.05) is 18.3 Å². The van der Waals surface area contributed by atoms with E-state index in [1.165, 1.54) is 48.2 Å². The van der Waals surface area contributed by atoms with Gasteiger partial charge in [-0.25, -0.2) is 10.2 Å². The van der Waals surface area contributed by atoms with Crippen LogP contribution in [-0.2, 0) is 13.6 Å². The van der Waals surface area contributed by atoms with Crippen molar-refractivity contribution in [3.05, 3.63) is 83.2 Å². The van der Waals surface area contributed by atoms with Crippen molar-refractivity contribution in [2.45, 2.75) is 12.6 Å². The number of benzene rings is 1. The number of halogens is 2. The zero-order valence-electron chi connectivity index (χ0n) is 19.5. The summed E-state index contributed by atoms with van der Waals surface area (Å²) in [4.78, 5) is 41.2. The number of hydrazone groups is 1. The van der Waals surface area contributed by atoms with Gasteiger partial charge >= 0.3 is 11.6 Å². The van der Waals surface area contributed by atoms with Crippen molar-refractivity contribution in [1.82, 2.24) is 19.1 Å². The Hall–Kier alpha value is -4.40. The zero-order chi connectivity index (χ0) is 27.4. The molecule has 0 spiro atoms. The lowest BCUT2D eigenvalue weighted by Crippen LogP contribution is -2.30. The van der Waals surface area contributed by atoms with E-state index in [4.69, 9.17) is 32.4 Å². The van der Waals surface area contributed by atoms with Crippen LogP contribution in [0.1, 0.15) is 5.76 Å². The highest BCUT2D eigenvalue weighted by atomic mass is 35.5. The Balaban J connectivity index is 1.54. The normalized spacial score (nSPS) is 12.5. The summed E-state index contributed by atoms with van der Waals surface area (Å²) in [5, 5.41) is 26.0. The molecule has 0 amide bonds. The minimum atomic E-state index is -1.13. The van der Waals surface area contributed by atoms with Crippen LogP contribution in [-0.4, -0.2) is 48.1 Å². The SMILES string of the molecule is Cn1c(=O)[nH]c(=O)c2c1nc(N/N=C/C=C/c1ccc([N+](=O)[O-])o1)n2CC(O)COc1ccc(Cl)cc1Cl. The van der Waals surface area contributed by atoms with Gasteiger partial charge in [-0.05, 0) is 36.4 Å². The van der Waals surface area contributed by atoms with Gasteiger partial charge in [0.15, 0.2) is 11.2 Å². The summed E-state index contributed by atoms with van der Waals surface area (Å²) < 4.78 is 13.1. The number of hydrogen-bond acceptors (Lipinski definition) is 10. The van der Waals surface area contributed by atoms with Gasteiger partial charge in [-0.3, -0.25) is 24.5 Å². The second-order valence-electron chi connectivity index (χ2n) is 7.76. The van der Waals surface area contributed by atoms with Gasteiger partial charge in [0.2, 0.25) is 5.95 Å². The van der Waals surface area contributed by atoms with Gasteiger partial charge in [-0.2, -0.15) is 10.1 Å². The maximum atomic E-state index is 12.6. The molecule has 0 saturated heterocycles. The van der Waals surface area contributed by atoms with E-state index in [0.717, 1.165) is 4.57 Å². The number of hydrogen-bond donors (Lipinski definition) is 3. The summed E-state index contributed by atoms with van der Waals surface area (Å²) in [5.41, 5.74) is 1.36. The van der Waals surface area contributed by atoms with Crippen molar-refractivity contribution in [2.75, 3.05) is 12.0 Å². The summed E-state index contributed by atoms with van der Waals surface area (Å²) in [6.45, 7) is -0.349. The molecule has 4 rings (SSSR count). The molecule has 1 atom stereocenters. The fraction of sp³-hybridized carbons (Fsp3) is 0.182. The van der Waals surface area contributed by atoms with Crippen molar-refractivity contribution in [1.29, 1.82) is 0 Å². The summed E-state index contributed by atoms with van der Waals surface area (Å²) in [5.74, 6) is 0.196. The maximum Gasteiger partial charge on any atom is 0.433 e. The van der Waals surface area contributed by atoms with Gasteiger partial charge < -0.3 is 18.8 Å². The minimum absolute atomic E-state index is 0.0202. The molecule has 0 aliphatic rings. The molecular weight excluding hydrogens is 545 g/mol. The molecule has 0 saturated carbocycles. The van der Waals surface area contributed by atoms with Crippen LogP contribution in [0.5, 0.6) is 5.75 Å². The number of H-pyrrole nitrogens is 1. The van der Waals surface area contributed by atoms with Gasteiger partial charge in [-0.15, -0.1) is 0 Å². The molecule has 3 N–H and O–H groups in total. The van der Waals surface area contributed by atoms with Gasteiger partial charge in [-0.1, -0.05) is 23.2 Å². The topological polar surface area (TPSA) is 183 Å². The fourth-order valence-electron chi connectivity index (χ4n) is 3.35. The Kier molecular flexibility index (Phi) is 7.95. The van der Waals surface area contributed by atoms with Crippen molar-refractivity contribution < 1.29 is 19.2 Å². The second-order valence-corrected chi connectivity index (χ2v) is 8.60. The number of allylic oxidation sites excluding steroid dienone is 1. The van der Waals surface area contributed by atoms with E-state index in [-0.39, 0.29) is 41.0 Å². The molecule has 0 bridgehead atoms. The number of furan rings is 1. The van der Waals surface area contributed by atoms with Crippen molar-refractivity contribution >= 4 is 58.5 Å². The fourth-order valence-corrected chi connectivity index (χ4v) is 3.81. The Morgan fingerprint density at radius 3 is 2.84 bits per heavy atom. The Morgan fingerprint density at radius 2 is 2.13 bits per heavy atom. The molecule has 0 aliphatic heterocycles.